The molecule has 0 aliphatic heterocycles. The number of halogens is 1. The summed E-state index contributed by atoms with van der Waals surface area (Å²) >= 11 is 6.03. The van der Waals surface area contributed by atoms with Crippen LogP contribution in [0.4, 0.5) is 0 Å². The summed E-state index contributed by atoms with van der Waals surface area (Å²) in [5, 5.41) is 0.792. The van der Waals surface area contributed by atoms with Crippen molar-refractivity contribution in [3.63, 3.8) is 0 Å². The highest BCUT2D eigenvalue weighted by Gasteiger charge is 2.26. The SMILES string of the molecule is CCC1CCCC(C(N)c2cccc(Cl)c2)C1. The number of hydrogen-bond donors (Lipinski definition) is 1. The summed E-state index contributed by atoms with van der Waals surface area (Å²) in [5.41, 5.74) is 7.59. The van der Waals surface area contributed by atoms with Crippen molar-refractivity contribution in [2.75, 3.05) is 0 Å². The molecule has 1 nitrogen and oxygen atoms in total. The van der Waals surface area contributed by atoms with Gasteiger partial charge in [0.25, 0.3) is 0 Å². The third kappa shape index (κ3) is 3.23. The maximum Gasteiger partial charge on any atom is 0.0409 e. The van der Waals surface area contributed by atoms with Gasteiger partial charge in [-0.1, -0.05) is 49.9 Å². The van der Waals surface area contributed by atoms with E-state index < -0.39 is 0 Å². The second-order valence-corrected chi connectivity index (χ2v) is 5.72. The van der Waals surface area contributed by atoms with E-state index in [-0.39, 0.29) is 6.04 Å². The van der Waals surface area contributed by atoms with Crippen molar-refractivity contribution in [1.29, 1.82) is 0 Å². The molecule has 1 aromatic rings. The van der Waals surface area contributed by atoms with Gasteiger partial charge in [0.15, 0.2) is 0 Å². The van der Waals surface area contributed by atoms with Crippen LogP contribution in [0, 0.1) is 11.8 Å². The quantitative estimate of drug-likeness (QED) is 0.838. The molecule has 1 saturated carbocycles. The molecule has 2 N–H and O–H groups in total. The van der Waals surface area contributed by atoms with Gasteiger partial charge in [-0.05, 0) is 42.4 Å². The van der Waals surface area contributed by atoms with Crippen LogP contribution in [0.15, 0.2) is 24.3 Å². The third-order valence-corrected chi connectivity index (χ3v) is 4.38. The minimum absolute atomic E-state index is 0.156. The molecule has 94 valence electrons. The number of hydrogen-bond acceptors (Lipinski definition) is 1. The summed E-state index contributed by atoms with van der Waals surface area (Å²) < 4.78 is 0. The van der Waals surface area contributed by atoms with Crippen molar-refractivity contribution >= 4 is 11.6 Å². The lowest BCUT2D eigenvalue weighted by Gasteiger charge is -2.32. The van der Waals surface area contributed by atoms with Crippen LogP contribution in [-0.4, -0.2) is 0 Å². The van der Waals surface area contributed by atoms with E-state index in [1.807, 2.05) is 18.2 Å². The first-order valence-corrected chi connectivity index (χ1v) is 7.09. The van der Waals surface area contributed by atoms with Crippen molar-refractivity contribution in [2.45, 2.75) is 45.1 Å². The van der Waals surface area contributed by atoms with Crippen LogP contribution >= 0.6 is 11.6 Å². The average Bonchev–Trinajstić information content (AvgIpc) is 2.38. The van der Waals surface area contributed by atoms with E-state index in [0.717, 1.165) is 10.9 Å². The minimum Gasteiger partial charge on any atom is -0.324 e. The van der Waals surface area contributed by atoms with Crippen LogP contribution in [0.25, 0.3) is 0 Å². The Morgan fingerprint density at radius 1 is 1.41 bits per heavy atom. The van der Waals surface area contributed by atoms with Crippen molar-refractivity contribution in [1.82, 2.24) is 0 Å². The monoisotopic (exact) mass is 251 g/mol. The fourth-order valence-electron chi connectivity index (χ4n) is 3.02. The van der Waals surface area contributed by atoms with E-state index in [0.29, 0.717) is 5.92 Å². The van der Waals surface area contributed by atoms with Gasteiger partial charge in [0, 0.05) is 11.1 Å². The van der Waals surface area contributed by atoms with Gasteiger partial charge in [-0.3, -0.25) is 0 Å². The van der Waals surface area contributed by atoms with Crippen LogP contribution in [0.5, 0.6) is 0 Å². The lowest BCUT2D eigenvalue weighted by Crippen LogP contribution is -2.26. The Morgan fingerprint density at radius 2 is 2.24 bits per heavy atom. The molecular formula is C15H22ClN. The normalized spacial score (nSPS) is 26.8. The molecule has 3 atom stereocenters. The summed E-state index contributed by atoms with van der Waals surface area (Å²) in [5.74, 6) is 1.51. The summed E-state index contributed by atoms with van der Waals surface area (Å²) in [6, 6.07) is 8.18. The molecule has 0 radical (unpaired) electrons. The molecule has 0 bridgehead atoms. The minimum atomic E-state index is 0.156. The lowest BCUT2D eigenvalue weighted by atomic mass is 9.75. The first-order valence-electron chi connectivity index (χ1n) is 6.71. The molecule has 1 fully saturated rings. The summed E-state index contributed by atoms with van der Waals surface area (Å²) in [7, 11) is 0. The molecule has 1 aliphatic carbocycles. The van der Waals surface area contributed by atoms with Gasteiger partial charge in [-0.2, -0.15) is 0 Å². The van der Waals surface area contributed by atoms with Crippen LogP contribution in [0.1, 0.15) is 50.6 Å². The molecule has 0 aromatic heterocycles. The Hall–Kier alpha value is -0.530. The van der Waals surface area contributed by atoms with E-state index in [4.69, 9.17) is 17.3 Å². The van der Waals surface area contributed by atoms with E-state index in [1.54, 1.807) is 0 Å². The van der Waals surface area contributed by atoms with Crippen molar-refractivity contribution in [3.05, 3.63) is 34.9 Å². The smallest absolute Gasteiger partial charge is 0.0409 e. The number of benzene rings is 1. The standard InChI is InChI=1S/C15H22ClN/c1-2-11-5-3-6-12(9-11)15(17)13-7-4-8-14(16)10-13/h4,7-8,10-12,15H,2-3,5-6,9,17H2,1H3. The van der Waals surface area contributed by atoms with Crippen molar-refractivity contribution < 1.29 is 0 Å². The van der Waals surface area contributed by atoms with E-state index in [2.05, 4.69) is 13.0 Å². The van der Waals surface area contributed by atoms with Gasteiger partial charge in [0.2, 0.25) is 0 Å². The lowest BCUT2D eigenvalue weighted by molar-refractivity contribution is 0.230. The Bertz CT molecular complexity index is 364. The highest BCUT2D eigenvalue weighted by Crippen LogP contribution is 2.37. The fraction of sp³-hybridized carbons (Fsp3) is 0.600. The predicted molar refractivity (Wildman–Crippen MR) is 74.1 cm³/mol. The average molecular weight is 252 g/mol. The Balaban J connectivity index is 2.06. The Morgan fingerprint density at radius 3 is 2.94 bits per heavy atom. The second-order valence-electron chi connectivity index (χ2n) is 5.28. The zero-order chi connectivity index (χ0) is 12.3. The third-order valence-electron chi connectivity index (χ3n) is 4.14. The number of rotatable bonds is 3. The largest absolute Gasteiger partial charge is 0.324 e. The predicted octanol–water partition coefficient (Wildman–Crippen LogP) is 4.56. The van der Waals surface area contributed by atoms with E-state index >= 15 is 0 Å². The molecule has 0 amide bonds. The molecule has 2 heteroatoms. The van der Waals surface area contributed by atoms with Gasteiger partial charge in [0.05, 0.1) is 0 Å². The van der Waals surface area contributed by atoms with Crippen LogP contribution in [-0.2, 0) is 0 Å². The molecule has 0 heterocycles. The van der Waals surface area contributed by atoms with Gasteiger partial charge in [0.1, 0.15) is 0 Å². The highest BCUT2D eigenvalue weighted by atomic mass is 35.5. The first kappa shape index (κ1) is 12.9. The highest BCUT2D eigenvalue weighted by molar-refractivity contribution is 6.30. The second kappa shape index (κ2) is 5.88. The zero-order valence-electron chi connectivity index (χ0n) is 10.5. The zero-order valence-corrected chi connectivity index (χ0v) is 11.3. The van der Waals surface area contributed by atoms with Gasteiger partial charge >= 0.3 is 0 Å². The van der Waals surface area contributed by atoms with E-state index in [9.17, 15) is 0 Å². The molecule has 0 saturated heterocycles. The number of nitrogens with two attached hydrogens (primary N) is 1. The summed E-state index contributed by atoms with van der Waals surface area (Å²) in [6.07, 6.45) is 6.56. The topological polar surface area (TPSA) is 26.0 Å². The van der Waals surface area contributed by atoms with Gasteiger partial charge in [-0.25, -0.2) is 0 Å². The maximum atomic E-state index is 6.40. The van der Waals surface area contributed by atoms with Crippen LogP contribution < -0.4 is 5.73 Å². The summed E-state index contributed by atoms with van der Waals surface area (Å²) in [6.45, 7) is 2.29. The summed E-state index contributed by atoms with van der Waals surface area (Å²) in [4.78, 5) is 0. The fourth-order valence-corrected chi connectivity index (χ4v) is 3.21. The van der Waals surface area contributed by atoms with Crippen molar-refractivity contribution in [3.8, 4) is 0 Å². The molecular weight excluding hydrogens is 230 g/mol. The van der Waals surface area contributed by atoms with E-state index in [1.165, 1.54) is 37.7 Å². The van der Waals surface area contributed by atoms with Gasteiger partial charge in [-0.15, -0.1) is 0 Å². The van der Waals surface area contributed by atoms with Crippen LogP contribution in [0.2, 0.25) is 5.02 Å². The first-order chi connectivity index (χ1) is 8.20. The Labute approximate surface area is 109 Å². The van der Waals surface area contributed by atoms with Crippen LogP contribution in [0.3, 0.4) is 0 Å². The molecule has 2 rings (SSSR count). The Kier molecular flexibility index (Phi) is 4.47. The molecule has 1 aromatic carbocycles. The molecule has 1 aliphatic rings. The molecule has 0 spiro atoms. The maximum absolute atomic E-state index is 6.40. The molecule has 17 heavy (non-hydrogen) atoms. The van der Waals surface area contributed by atoms with Gasteiger partial charge < -0.3 is 5.73 Å². The van der Waals surface area contributed by atoms with Crippen molar-refractivity contribution in [2.24, 2.45) is 17.6 Å². The molecule has 3 unspecified atom stereocenters.